The minimum Gasteiger partial charge on any atom is -0.380 e. The Kier molecular flexibility index (Phi) is 9.08. The average molecular weight is 261 g/mol. The molecule has 0 aliphatic heterocycles. The van der Waals surface area contributed by atoms with Gasteiger partial charge in [0.2, 0.25) is 0 Å². The SMILES string of the molecule is CCCO[Si](NC)(NCC(C)C)NCC(C)C. The van der Waals surface area contributed by atoms with E-state index in [-0.39, 0.29) is 0 Å². The molecule has 0 atom stereocenters. The molecular weight excluding hydrogens is 230 g/mol. The first-order valence-electron chi connectivity index (χ1n) is 6.78. The first-order chi connectivity index (χ1) is 7.95. The maximum atomic E-state index is 6.03. The van der Waals surface area contributed by atoms with Gasteiger partial charge in [0.1, 0.15) is 0 Å². The largest absolute Gasteiger partial charge is 0.439 e. The monoisotopic (exact) mass is 261 g/mol. The van der Waals surface area contributed by atoms with E-state index in [2.05, 4.69) is 49.6 Å². The van der Waals surface area contributed by atoms with E-state index < -0.39 is 8.80 Å². The summed E-state index contributed by atoms with van der Waals surface area (Å²) < 4.78 is 6.03. The molecule has 0 aromatic heterocycles. The van der Waals surface area contributed by atoms with Gasteiger partial charge in [-0.2, -0.15) is 0 Å². The Morgan fingerprint density at radius 2 is 1.47 bits per heavy atom. The van der Waals surface area contributed by atoms with Crippen LogP contribution in [0.3, 0.4) is 0 Å². The first-order valence-corrected chi connectivity index (χ1v) is 8.69. The van der Waals surface area contributed by atoms with Gasteiger partial charge in [-0.3, -0.25) is 14.9 Å². The van der Waals surface area contributed by atoms with E-state index in [1.165, 1.54) is 0 Å². The Balaban J connectivity index is 4.38. The summed E-state index contributed by atoms with van der Waals surface area (Å²) in [6.45, 7) is 13.7. The smallest absolute Gasteiger partial charge is 0.380 e. The van der Waals surface area contributed by atoms with E-state index in [0.29, 0.717) is 11.8 Å². The molecule has 0 heterocycles. The van der Waals surface area contributed by atoms with Gasteiger partial charge in [-0.15, -0.1) is 0 Å². The highest BCUT2D eigenvalue weighted by molar-refractivity contribution is 6.66. The third kappa shape index (κ3) is 7.89. The van der Waals surface area contributed by atoms with Crippen LogP contribution in [-0.2, 0) is 4.43 Å². The Labute approximate surface area is 108 Å². The van der Waals surface area contributed by atoms with Gasteiger partial charge in [0.25, 0.3) is 0 Å². The molecule has 104 valence electrons. The molecule has 3 N–H and O–H groups in total. The molecule has 0 bridgehead atoms. The van der Waals surface area contributed by atoms with Crippen LogP contribution in [0, 0.1) is 11.8 Å². The third-order valence-corrected chi connectivity index (χ3v) is 5.14. The van der Waals surface area contributed by atoms with Crippen molar-refractivity contribution in [2.75, 3.05) is 26.7 Å². The van der Waals surface area contributed by atoms with Crippen molar-refractivity contribution in [2.24, 2.45) is 11.8 Å². The Morgan fingerprint density at radius 1 is 1.00 bits per heavy atom. The highest BCUT2D eigenvalue weighted by Gasteiger charge is 2.34. The summed E-state index contributed by atoms with van der Waals surface area (Å²) in [5.74, 6) is 1.25. The van der Waals surface area contributed by atoms with E-state index >= 15 is 0 Å². The van der Waals surface area contributed by atoms with Gasteiger partial charge >= 0.3 is 8.80 Å². The van der Waals surface area contributed by atoms with Gasteiger partial charge in [0.15, 0.2) is 0 Å². The molecule has 0 aliphatic rings. The fraction of sp³-hybridized carbons (Fsp3) is 1.00. The molecular formula is C12H31N3OSi. The van der Waals surface area contributed by atoms with Crippen LogP contribution >= 0.6 is 0 Å². The summed E-state index contributed by atoms with van der Waals surface area (Å²) in [6, 6.07) is 0. The van der Waals surface area contributed by atoms with Crippen molar-refractivity contribution in [3.05, 3.63) is 0 Å². The molecule has 0 amide bonds. The van der Waals surface area contributed by atoms with Gasteiger partial charge in [-0.25, -0.2) is 0 Å². The maximum absolute atomic E-state index is 6.03. The minimum atomic E-state index is -2.17. The normalized spacial score (nSPS) is 12.7. The van der Waals surface area contributed by atoms with Crippen LogP contribution in [0.15, 0.2) is 0 Å². The number of nitrogens with one attached hydrogen (secondary N) is 3. The summed E-state index contributed by atoms with van der Waals surface area (Å²) in [5, 5.41) is 0. The van der Waals surface area contributed by atoms with E-state index in [9.17, 15) is 0 Å². The zero-order valence-corrected chi connectivity index (χ0v) is 13.4. The molecule has 0 radical (unpaired) electrons. The summed E-state index contributed by atoms with van der Waals surface area (Å²) in [4.78, 5) is 10.5. The molecule has 17 heavy (non-hydrogen) atoms. The third-order valence-electron chi connectivity index (χ3n) is 2.39. The Hall–Kier alpha value is 0.0569. The van der Waals surface area contributed by atoms with Crippen LogP contribution in [0.5, 0.6) is 0 Å². The second-order valence-corrected chi connectivity index (χ2v) is 8.19. The lowest BCUT2D eigenvalue weighted by molar-refractivity contribution is 0.266. The van der Waals surface area contributed by atoms with E-state index in [4.69, 9.17) is 4.43 Å². The van der Waals surface area contributed by atoms with E-state index in [1.807, 2.05) is 7.05 Å². The van der Waals surface area contributed by atoms with Gasteiger partial charge in [-0.1, -0.05) is 34.6 Å². The average Bonchev–Trinajstić information content (AvgIpc) is 2.28. The Morgan fingerprint density at radius 3 is 1.76 bits per heavy atom. The van der Waals surface area contributed by atoms with E-state index in [1.54, 1.807) is 0 Å². The molecule has 0 aliphatic carbocycles. The summed E-state index contributed by atoms with van der Waals surface area (Å²) in [6.07, 6.45) is 1.04. The highest BCUT2D eigenvalue weighted by Crippen LogP contribution is 1.99. The number of hydrogen-bond acceptors (Lipinski definition) is 4. The zero-order chi connectivity index (χ0) is 13.3. The molecule has 0 fully saturated rings. The quantitative estimate of drug-likeness (QED) is 0.522. The molecule has 0 aromatic carbocycles. The summed E-state index contributed by atoms with van der Waals surface area (Å²) >= 11 is 0. The van der Waals surface area contributed by atoms with Crippen molar-refractivity contribution < 1.29 is 4.43 Å². The van der Waals surface area contributed by atoms with Crippen molar-refractivity contribution in [1.82, 2.24) is 14.9 Å². The molecule has 0 spiro atoms. The van der Waals surface area contributed by atoms with Crippen LogP contribution in [0.1, 0.15) is 41.0 Å². The van der Waals surface area contributed by atoms with Crippen LogP contribution < -0.4 is 14.9 Å². The summed E-state index contributed by atoms with van der Waals surface area (Å²) in [7, 11) is -0.191. The van der Waals surface area contributed by atoms with Crippen molar-refractivity contribution in [3.63, 3.8) is 0 Å². The fourth-order valence-corrected chi connectivity index (χ4v) is 4.09. The lowest BCUT2D eigenvalue weighted by atomic mass is 10.2. The highest BCUT2D eigenvalue weighted by atomic mass is 28.4. The lowest BCUT2D eigenvalue weighted by Gasteiger charge is -2.32. The van der Waals surface area contributed by atoms with Gasteiger partial charge in [-0.05, 0) is 38.4 Å². The first kappa shape index (κ1) is 17.1. The Bertz CT molecular complexity index is 177. The van der Waals surface area contributed by atoms with Gasteiger partial charge in [0.05, 0.1) is 0 Å². The molecule has 4 nitrogen and oxygen atoms in total. The number of hydrogen-bond donors (Lipinski definition) is 3. The van der Waals surface area contributed by atoms with Crippen LogP contribution in [-0.4, -0.2) is 35.5 Å². The van der Waals surface area contributed by atoms with Gasteiger partial charge < -0.3 is 4.43 Å². The van der Waals surface area contributed by atoms with Crippen molar-refractivity contribution >= 4 is 8.80 Å². The fourth-order valence-electron chi connectivity index (χ4n) is 1.36. The topological polar surface area (TPSA) is 45.3 Å². The lowest BCUT2D eigenvalue weighted by Crippen LogP contribution is -2.74. The van der Waals surface area contributed by atoms with Crippen molar-refractivity contribution in [1.29, 1.82) is 0 Å². The molecule has 0 saturated carbocycles. The predicted molar refractivity (Wildman–Crippen MR) is 76.7 cm³/mol. The summed E-state index contributed by atoms with van der Waals surface area (Å²) in [5.41, 5.74) is 0. The minimum absolute atomic E-state index is 0.626. The maximum Gasteiger partial charge on any atom is 0.439 e. The van der Waals surface area contributed by atoms with Crippen LogP contribution in [0.25, 0.3) is 0 Å². The standard InChI is InChI=1S/C12H31N3OSi/c1-7-8-16-17(13-6,14-9-11(2)3)15-10-12(4)5/h11-15H,7-10H2,1-6H3. The van der Waals surface area contributed by atoms with Crippen molar-refractivity contribution in [2.45, 2.75) is 41.0 Å². The zero-order valence-electron chi connectivity index (χ0n) is 12.4. The van der Waals surface area contributed by atoms with Gasteiger partial charge in [0, 0.05) is 6.61 Å². The molecule has 0 aromatic rings. The van der Waals surface area contributed by atoms with Crippen molar-refractivity contribution in [3.8, 4) is 0 Å². The molecule has 0 saturated heterocycles. The number of rotatable bonds is 10. The second-order valence-electron chi connectivity index (χ2n) is 5.33. The van der Waals surface area contributed by atoms with E-state index in [0.717, 1.165) is 26.1 Å². The van der Waals surface area contributed by atoms with Crippen LogP contribution in [0.2, 0.25) is 0 Å². The molecule has 5 heteroatoms. The van der Waals surface area contributed by atoms with Crippen LogP contribution in [0.4, 0.5) is 0 Å². The predicted octanol–water partition coefficient (Wildman–Crippen LogP) is 1.56. The molecule has 0 rings (SSSR count). The second kappa shape index (κ2) is 9.05. The molecule has 0 unspecified atom stereocenters.